The SMILES string of the molecule is COc1cc(Cc2cc3c(=O)n([C@H]4CCOC[C@@H]4O)cnc3c3ccccc23)cc(Cl)n1. The zero-order valence-electron chi connectivity index (χ0n) is 17.5. The number of benzene rings is 2. The highest BCUT2D eigenvalue weighted by Crippen LogP contribution is 2.29. The zero-order chi connectivity index (χ0) is 22.2. The molecule has 164 valence electrons. The maximum atomic E-state index is 13.5. The van der Waals surface area contributed by atoms with Crippen molar-refractivity contribution >= 4 is 33.3 Å². The van der Waals surface area contributed by atoms with Crippen LogP contribution in [0.25, 0.3) is 21.7 Å². The Morgan fingerprint density at radius 1 is 1.22 bits per heavy atom. The molecule has 32 heavy (non-hydrogen) atoms. The zero-order valence-corrected chi connectivity index (χ0v) is 18.2. The molecule has 0 spiro atoms. The van der Waals surface area contributed by atoms with E-state index in [0.29, 0.717) is 41.4 Å². The first kappa shape index (κ1) is 20.9. The van der Waals surface area contributed by atoms with Gasteiger partial charge in [-0.1, -0.05) is 35.9 Å². The fourth-order valence-electron chi connectivity index (χ4n) is 4.42. The van der Waals surface area contributed by atoms with Crippen molar-refractivity contribution in [1.29, 1.82) is 0 Å². The number of fused-ring (bicyclic) bond motifs is 3. The van der Waals surface area contributed by atoms with Crippen molar-refractivity contribution in [1.82, 2.24) is 14.5 Å². The number of methoxy groups -OCH3 is 1. The number of hydrogen-bond acceptors (Lipinski definition) is 6. The lowest BCUT2D eigenvalue weighted by molar-refractivity contribution is -0.0395. The topological polar surface area (TPSA) is 86.5 Å². The molecule has 2 aromatic carbocycles. The average molecular weight is 452 g/mol. The van der Waals surface area contributed by atoms with Crippen LogP contribution in [0, 0.1) is 0 Å². The first-order valence-corrected chi connectivity index (χ1v) is 10.8. The minimum atomic E-state index is -0.743. The van der Waals surface area contributed by atoms with Crippen LogP contribution in [0.2, 0.25) is 5.15 Å². The Kier molecular flexibility index (Phi) is 5.55. The van der Waals surface area contributed by atoms with Crippen LogP contribution in [0.1, 0.15) is 23.6 Å². The van der Waals surface area contributed by atoms with Crippen molar-refractivity contribution < 1.29 is 14.6 Å². The summed E-state index contributed by atoms with van der Waals surface area (Å²) in [6.07, 6.45) is 1.91. The van der Waals surface area contributed by atoms with Crippen LogP contribution in [0.3, 0.4) is 0 Å². The lowest BCUT2D eigenvalue weighted by atomic mass is 9.96. The van der Waals surface area contributed by atoms with Crippen LogP contribution in [0.5, 0.6) is 5.88 Å². The summed E-state index contributed by atoms with van der Waals surface area (Å²) in [6, 6.07) is 13.1. The van der Waals surface area contributed by atoms with Gasteiger partial charge in [0, 0.05) is 18.1 Å². The predicted molar refractivity (Wildman–Crippen MR) is 123 cm³/mol. The van der Waals surface area contributed by atoms with Gasteiger partial charge in [-0.15, -0.1) is 0 Å². The molecular formula is C24H22ClN3O4. The molecule has 8 heteroatoms. The quantitative estimate of drug-likeness (QED) is 0.377. The second-order valence-electron chi connectivity index (χ2n) is 7.95. The molecule has 0 saturated carbocycles. The highest BCUT2D eigenvalue weighted by Gasteiger charge is 2.27. The minimum Gasteiger partial charge on any atom is -0.481 e. The van der Waals surface area contributed by atoms with Crippen molar-refractivity contribution in [2.24, 2.45) is 0 Å². The summed E-state index contributed by atoms with van der Waals surface area (Å²) in [7, 11) is 1.55. The second-order valence-corrected chi connectivity index (χ2v) is 8.34. The fraction of sp³-hybridized carbons (Fsp3) is 0.292. The van der Waals surface area contributed by atoms with Crippen molar-refractivity contribution in [2.75, 3.05) is 20.3 Å². The summed E-state index contributed by atoms with van der Waals surface area (Å²) in [4.78, 5) is 22.3. The number of nitrogens with zero attached hydrogens (tertiary/aromatic N) is 3. The third kappa shape index (κ3) is 3.72. The maximum absolute atomic E-state index is 13.5. The summed E-state index contributed by atoms with van der Waals surface area (Å²) in [6.45, 7) is 0.711. The van der Waals surface area contributed by atoms with Crippen molar-refractivity contribution in [3.8, 4) is 5.88 Å². The predicted octanol–water partition coefficient (Wildman–Crippen LogP) is 3.52. The average Bonchev–Trinajstić information content (AvgIpc) is 2.80. The molecule has 1 N–H and O–H groups in total. The number of aromatic nitrogens is 3. The monoisotopic (exact) mass is 451 g/mol. The second kappa shape index (κ2) is 8.50. The van der Waals surface area contributed by atoms with Gasteiger partial charge in [0.05, 0.1) is 43.1 Å². The van der Waals surface area contributed by atoms with Gasteiger partial charge in [0.25, 0.3) is 5.56 Å². The minimum absolute atomic E-state index is 0.168. The smallest absolute Gasteiger partial charge is 0.261 e. The van der Waals surface area contributed by atoms with Gasteiger partial charge in [-0.05, 0) is 41.5 Å². The fourth-order valence-corrected chi connectivity index (χ4v) is 4.64. The number of halogens is 1. The van der Waals surface area contributed by atoms with Crippen molar-refractivity contribution in [3.63, 3.8) is 0 Å². The van der Waals surface area contributed by atoms with E-state index in [2.05, 4.69) is 9.97 Å². The summed E-state index contributed by atoms with van der Waals surface area (Å²) in [5.74, 6) is 0.440. The molecule has 2 atom stereocenters. The normalized spacial score (nSPS) is 18.8. The summed E-state index contributed by atoms with van der Waals surface area (Å²) >= 11 is 6.17. The first-order valence-electron chi connectivity index (χ1n) is 10.4. The number of rotatable bonds is 4. The van der Waals surface area contributed by atoms with Gasteiger partial charge in [0.15, 0.2) is 0 Å². The molecule has 5 rings (SSSR count). The van der Waals surface area contributed by atoms with E-state index >= 15 is 0 Å². The van der Waals surface area contributed by atoms with Gasteiger partial charge in [-0.3, -0.25) is 9.36 Å². The molecule has 1 aliphatic heterocycles. The third-order valence-electron chi connectivity index (χ3n) is 5.96. The lowest BCUT2D eigenvalue weighted by Crippen LogP contribution is -2.39. The van der Waals surface area contributed by atoms with Crippen LogP contribution in [0.4, 0.5) is 0 Å². The van der Waals surface area contributed by atoms with E-state index < -0.39 is 6.10 Å². The van der Waals surface area contributed by atoms with Gasteiger partial charge < -0.3 is 14.6 Å². The van der Waals surface area contributed by atoms with Crippen LogP contribution in [0.15, 0.2) is 53.6 Å². The van der Waals surface area contributed by atoms with Crippen LogP contribution >= 0.6 is 11.6 Å². The first-order chi connectivity index (χ1) is 15.5. The Labute approximate surface area is 189 Å². The summed E-state index contributed by atoms with van der Waals surface area (Å²) in [5.41, 5.74) is 2.38. The maximum Gasteiger partial charge on any atom is 0.261 e. The molecule has 1 saturated heterocycles. The summed E-state index contributed by atoms with van der Waals surface area (Å²) in [5, 5.41) is 13.2. The van der Waals surface area contributed by atoms with Crippen LogP contribution in [-0.4, -0.2) is 46.1 Å². The van der Waals surface area contributed by atoms with E-state index in [1.807, 2.05) is 36.4 Å². The third-order valence-corrected chi connectivity index (χ3v) is 6.15. The molecule has 7 nitrogen and oxygen atoms in total. The Hall–Kier alpha value is -3.00. The van der Waals surface area contributed by atoms with Gasteiger partial charge >= 0.3 is 0 Å². The Morgan fingerprint density at radius 2 is 2.03 bits per heavy atom. The molecule has 0 aliphatic carbocycles. The van der Waals surface area contributed by atoms with Crippen molar-refractivity contribution in [3.05, 3.63) is 75.4 Å². The number of aliphatic hydroxyl groups is 1. The highest BCUT2D eigenvalue weighted by molar-refractivity contribution is 6.29. The standard InChI is InChI=1S/C24H22ClN3O4/c1-31-22-10-14(9-21(25)27-22)8-15-11-18-23(17-5-3-2-4-16(15)17)26-13-28(24(18)30)19-6-7-32-12-20(19)29/h2-5,9-11,13,19-20,29H,6-8,12H2,1H3/t19-,20-/m0/s1. The van der Waals surface area contributed by atoms with E-state index in [0.717, 1.165) is 21.9 Å². The molecule has 0 bridgehead atoms. The molecule has 4 aromatic rings. The lowest BCUT2D eigenvalue weighted by Gasteiger charge is -2.29. The van der Waals surface area contributed by atoms with E-state index in [1.54, 1.807) is 24.1 Å². The van der Waals surface area contributed by atoms with Crippen LogP contribution < -0.4 is 10.3 Å². The Bertz CT molecular complexity index is 1370. The van der Waals surface area contributed by atoms with E-state index in [1.165, 1.54) is 0 Å². The number of hydrogen-bond donors (Lipinski definition) is 1. The molecule has 1 fully saturated rings. The summed E-state index contributed by atoms with van der Waals surface area (Å²) < 4.78 is 12.1. The van der Waals surface area contributed by atoms with E-state index in [9.17, 15) is 9.90 Å². The highest BCUT2D eigenvalue weighted by atomic mass is 35.5. The molecule has 3 heterocycles. The van der Waals surface area contributed by atoms with Gasteiger partial charge in [-0.2, -0.15) is 0 Å². The molecule has 2 aromatic heterocycles. The molecular weight excluding hydrogens is 430 g/mol. The molecule has 1 aliphatic rings. The van der Waals surface area contributed by atoms with Crippen LogP contribution in [-0.2, 0) is 11.2 Å². The Balaban J connectivity index is 1.69. The van der Waals surface area contributed by atoms with Crippen molar-refractivity contribution in [2.45, 2.75) is 25.0 Å². The van der Waals surface area contributed by atoms with E-state index in [4.69, 9.17) is 21.1 Å². The molecule has 0 unspecified atom stereocenters. The number of aliphatic hydroxyl groups excluding tert-OH is 1. The number of ether oxygens (including phenoxy) is 2. The largest absolute Gasteiger partial charge is 0.481 e. The van der Waals surface area contributed by atoms with Gasteiger partial charge in [0.2, 0.25) is 5.88 Å². The molecule has 0 amide bonds. The molecule has 0 radical (unpaired) electrons. The Morgan fingerprint density at radius 3 is 2.81 bits per heavy atom. The van der Waals surface area contributed by atoms with Gasteiger partial charge in [-0.25, -0.2) is 9.97 Å². The van der Waals surface area contributed by atoms with E-state index in [-0.39, 0.29) is 18.2 Å². The van der Waals surface area contributed by atoms with Gasteiger partial charge in [0.1, 0.15) is 5.15 Å². The number of pyridine rings is 1.